The van der Waals surface area contributed by atoms with Gasteiger partial charge in [0.05, 0.1) is 16.8 Å². The summed E-state index contributed by atoms with van der Waals surface area (Å²) in [6.45, 7) is 0. The van der Waals surface area contributed by atoms with Crippen LogP contribution in [0.15, 0.2) is 65.8 Å². The Morgan fingerprint density at radius 2 is 1.48 bits per heavy atom. The Hall–Kier alpha value is -1.91. The van der Waals surface area contributed by atoms with Gasteiger partial charge >= 0.3 is 0 Å². The molecule has 2 heterocycles. The smallest absolute Gasteiger partial charge is 0.215 e. The first kappa shape index (κ1) is 19.1. The van der Waals surface area contributed by atoms with Crippen molar-refractivity contribution in [2.24, 2.45) is 5.10 Å². The van der Waals surface area contributed by atoms with E-state index in [2.05, 4.69) is 0 Å². The molecule has 2 aliphatic rings. The highest BCUT2D eigenvalue weighted by Gasteiger charge is 2.41. The van der Waals surface area contributed by atoms with E-state index in [4.69, 9.17) is 56.2 Å². The lowest BCUT2D eigenvalue weighted by Crippen LogP contribution is -2.33. The van der Waals surface area contributed by atoms with Crippen molar-refractivity contribution in [1.29, 1.82) is 0 Å². The molecule has 0 N–H and O–H groups in total. The fourth-order valence-electron chi connectivity index (χ4n) is 3.78. The summed E-state index contributed by atoms with van der Waals surface area (Å²) in [7, 11) is 0. The van der Waals surface area contributed by atoms with Crippen molar-refractivity contribution in [2.45, 2.75) is 18.7 Å². The van der Waals surface area contributed by atoms with Crippen molar-refractivity contribution in [3.8, 4) is 5.75 Å². The number of hydrogen-bond acceptors (Lipinski definition) is 3. The zero-order valence-electron chi connectivity index (χ0n) is 14.9. The molecule has 146 valence electrons. The Kier molecular flexibility index (Phi) is 4.87. The summed E-state index contributed by atoms with van der Waals surface area (Å²) in [5.74, 6) is 0.777. The average Bonchev–Trinajstić information content (AvgIpc) is 3.14. The minimum absolute atomic E-state index is 0.0140. The van der Waals surface area contributed by atoms with Gasteiger partial charge < -0.3 is 4.74 Å². The highest BCUT2D eigenvalue weighted by molar-refractivity contribution is 6.35. The van der Waals surface area contributed by atoms with Crippen molar-refractivity contribution in [2.75, 3.05) is 0 Å². The first-order valence-electron chi connectivity index (χ1n) is 9.02. The predicted molar refractivity (Wildman–Crippen MR) is 118 cm³/mol. The minimum Gasteiger partial charge on any atom is -0.464 e. The number of hydrogen-bond donors (Lipinski definition) is 0. The average molecular weight is 464 g/mol. The number of fused-ring (bicyclic) bond motifs is 3. The molecule has 0 saturated carbocycles. The summed E-state index contributed by atoms with van der Waals surface area (Å²) in [4.78, 5) is 0. The lowest BCUT2D eigenvalue weighted by Gasteiger charge is -2.38. The molecule has 0 fully saturated rings. The van der Waals surface area contributed by atoms with Gasteiger partial charge in [0.2, 0.25) is 6.23 Å². The third kappa shape index (κ3) is 3.47. The number of halogens is 4. The Labute approximate surface area is 188 Å². The van der Waals surface area contributed by atoms with Gasteiger partial charge in [0.1, 0.15) is 5.75 Å². The van der Waals surface area contributed by atoms with Crippen molar-refractivity contribution in [1.82, 2.24) is 5.01 Å². The van der Waals surface area contributed by atoms with Crippen LogP contribution in [0.25, 0.3) is 0 Å². The van der Waals surface area contributed by atoms with Crippen LogP contribution in [-0.4, -0.2) is 10.7 Å². The van der Waals surface area contributed by atoms with Gasteiger partial charge in [-0.3, -0.25) is 0 Å². The van der Waals surface area contributed by atoms with Gasteiger partial charge in [0.25, 0.3) is 0 Å². The molecule has 5 rings (SSSR count). The standard InChI is InChI=1S/C22H14Cl4N2O/c23-13-3-1-12(2-4-13)19-11-20-17-9-14(24)6-8-21(17)29-22(28(20)27-19)16-7-5-15(25)10-18(16)26/h1-10,20,22H,11H2. The van der Waals surface area contributed by atoms with Crippen molar-refractivity contribution in [3.63, 3.8) is 0 Å². The first-order valence-corrected chi connectivity index (χ1v) is 10.5. The maximum Gasteiger partial charge on any atom is 0.215 e. The van der Waals surface area contributed by atoms with Gasteiger partial charge in [-0.05, 0) is 48.0 Å². The molecule has 0 amide bonds. The van der Waals surface area contributed by atoms with E-state index in [0.29, 0.717) is 20.1 Å². The van der Waals surface area contributed by atoms with Crippen LogP contribution in [0.1, 0.15) is 35.4 Å². The van der Waals surface area contributed by atoms with Crippen LogP contribution in [0.5, 0.6) is 5.75 Å². The Morgan fingerprint density at radius 3 is 2.24 bits per heavy atom. The molecule has 7 heteroatoms. The number of benzene rings is 3. The molecular formula is C22H14Cl4N2O. The van der Waals surface area contributed by atoms with Gasteiger partial charge in [0.15, 0.2) is 0 Å². The second-order valence-electron chi connectivity index (χ2n) is 6.97. The summed E-state index contributed by atoms with van der Waals surface area (Å²) in [6.07, 6.45) is 0.253. The molecule has 3 nitrogen and oxygen atoms in total. The molecule has 0 aromatic heterocycles. The van der Waals surface area contributed by atoms with Gasteiger partial charge in [-0.25, -0.2) is 5.01 Å². The zero-order valence-corrected chi connectivity index (χ0v) is 18.0. The van der Waals surface area contributed by atoms with Crippen molar-refractivity contribution in [3.05, 3.63) is 97.4 Å². The summed E-state index contributed by atoms with van der Waals surface area (Å²) in [6, 6.07) is 18.7. The van der Waals surface area contributed by atoms with Crippen molar-refractivity contribution < 1.29 is 4.74 Å². The van der Waals surface area contributed by atoms with E-state index in [0.717, 1.165) is 34.6 Å². The quantitative estimate of drug-likeness (QED) is 0.392. The summed E-state index contributed by atoms with van der Waals surface area (Å²) in [5, 5.41) is 9.33. The van der Waals surface area contributed by atoms with Crippen LogP contribution in [-0.2, 0) is 0 Å². The topological polar surface area (TPSA) is 24.8 Å². The van der Waals surface area contributed by atoms with E-state index < -0.39 is 6.23 Å². The van der Waals surface area contributed by atoms with E-state index in [-0.39, 0.29) is 6.04 Å². The van der Waals surface area contributed by atoms with Crippen LogP contribution in [0.2, 0.25) is 20.1 Å². The van der Waals surface area contributed by atoms with Gasteiger partial charge in [-0.1, -0.05) is 64.6 Å². The summed E-state index contributed by atoms with van der Waals surface area (Å²) < 4.78 is 6.32. The third-order valence-electron chi connectivity index (χ3n) is 5.16. The molecule has 0 radical (unpaired) electrons. The predicted octanol–water partition coefficient (Wildman–Crippen LogP) is 7.54. The highest BCUT2D eigenvalue weighted by atomic mass is 35.5. The maximum absolute atomic E-state index is 6.50. The van der Waals surface area contributed by atoms with Crippen LogP contribution in [0.4, 0.5) is 0 Å². The Morgan fingerprint density at radius 1 is 0.793 bits per heavy atom. The number of ether oxygens (including phenoxy) is 1. The largest absolute Gasteiger partial charge is 0.464 e. The Balaban J connectivity index is 1.62. The van der Waals surface area contributed by atoms with E-state index in [1.165, 1.54) is 0 Å². The molecule has 2 atom stereocenters. The molecule has 0 aliphatic carbocycles. The Bertz CT molecular complexity index is 1130. The molecule has 3 aromatic carbocycles. The van der Waals surface area contributed by atoms with E-state index in [1.807, 2.05) is 53.5 Å². The number of hydrazone groups is 1. The second-order valence-corrected chi connectivity index (χ2v) is 8.69. The van der Waals surface area contributed by atoms with Crippen LogP contribution >= 0.6 is 46.4 Å². The molecule has 0 bridgehead atoms. The first-order chi connectivity index (χ1) is 14.0. The molecule has 0 saturated heterocycles. The van der Waals surface area contributed by atoms with E-state index in [9.17, 15) is 0 Å². The van der Waals surface area contributed by atoms with Gasteiger partial charge in [-0.15, -0.1) is 0 Å². The zero-order chi connectivity index (χ0) is 20.1. The molecular weight excluding hydrogens is 450 g/mol. The maximum atomic E-state index is 6.50. The lowest BCUT2D eigenvalue weighted by molar-refractivity contribution is -0.0189. The molecule has 2 aliphatic heterocycles. The van der Waals surface area contributed by atoms with Crippen molar-refractivity contribution >= 4 is 52.1 Å². The highest BCUT2D eigenvalue weighted by Crippen LogP contribution is 2.49. The van der Waals surface area contributed by atoms with Gasteiger partial charge in [-0.2, -0.15) is 5.10 Å². The summed E-state index contributed by atoms with van der Waals surface area (Å²) >= 11 is 24.9. The molecule has 0 spiro atoms. The van der Waals surface area contributed by atoms with Crippen LogP contribution in [0, 0.1) is 0 Å². The van der Waals surface area contributed by atoms with E-state index >= 15 is 0 Å². The normalized spacial score (nSPS) is 20.0. The fourth-order valence-corrected chi connectivity index (χ4v) is 4.59. The number of nitrogens with zero attached hydrogens (tertiary/aromatic N) is 2. The van der Waals surface area contributed by atoms with Crippen LogP contribution in [0.3, 0.4) is 0 Å². The fraction of sp³-hybridized carbons (Fsp3) is 0.136. The van der Waals surface area contributed by atoms with Gasteiger partial charge in [0, 0.05) is 32.6 Å². The molecule has 29 heavy (non-hydrogen) atoms. The lowest BCUT2D eigenvalue weighted by atomic mass is 9.96. The SMILES string of the molecule is Clc1ccc(C2=NN3C(C2)c2cc(Cl)ccc2OC3c2ccc(Cl)cc2Cl)cc1. The number of rotatable bonds is 2. The second kappa shape index (κ2) is 7.41. The van der Waals surface area contributed by atoms with E-state index in [1.54, 1.807) is 12.1 Å². The van der Waals surface area contributed by atoms with Crippen LogP contribution < -0.4 is 4.74 Å². The monoisotopic (exact) mass is 462 g/mol. The molecule has 2 unspecified atom stereocenters. The summed E-state index contributed by atoms with van der Waals surface area (Å²) in [5.41, 5.74) is 3.79. The third-order valence-corrected chi connectivity index (χ3v) is 6.21. The minimum atomic E-state index is -0.469. The molecule has 3 aromatic rings.